The van der Waals surface area contributed by atoms with Crippen LogP contribution in [-0.2, 0) is 14.3 Å². The van der Waals surface area contributed by atoms with E-state index in [9.17, 15) is 20.1 Å². The Balaban J connectivity index is 2.47. The van der Waals surface area contributed by atoms with Crippen LogP contribution in [0.4, 0.5) is 0 Å². The zero-order valence-corrected chi connectivity index (χ0v) is 14.4. The van der Waals surface area contributed by atoms with Crippen LogP contribution in [-0.4, -0.2) is 73.4 Å². The Morgan fingerprint density at radius 2 is 1.90 bits per heavy atom. The quantitative estimate of drug-likeness (QED) is 0.154. The van der Waals surface area contributed by atoms with E-state index in [0.29, 0.717) is 10.3 Å². The number of rotatable bonds is 7. The van der Waals surface area contributed by atoms with Crippen LogP contribution < -0.4 is 0 Å². The normalized spacial score (nSPS) is 34.5. The minimum atomic E-state index is -1.56. The zero-order valence-electron chi connectivity index (χ0n) is 11.3. The van der Waals surface area contributed by atoms with Crippen LogP contribution >= 0.6 is 35.2 Å². The van der Waals surface area contributed by atoms with Crippen molar-refractivity contribution in [3.63, 3.8) is 0 Å². The van der Waals surface area contributed by atoms with E-state index >= 15 is 0 Å². The molecule has 6 atom stereocenters. The third-order valence-corrected chi connectivity index (χ3v) is 4.70. The minimum absolute atomic E-state index is 0.149. The summed E-state index contributed by atoms with van der Waals surface area (Å²) < 4.78 is 10.3. The Kier molecular flexibility index (Phi) is 8.76. The summed E-state index contributed by atoms with van der Waals surface area (Å²) in [4.78, 5) is 11.7. The van der Waals surface area contributed by atoms with E-state index in [4.69, 9.17) is 14.6 Å². The fourth-order valence-electron chi connectivity index (χ4n) is 1.91. The lowest BCUT2D eigenvalue weighted by atomic mass is 9.99. The van der Waals surface area contributed by atoms with Gasteiger partial charge in [-0.2, -0.15) is 12.6 Å². The van der Waals surface area contributed by atoms with Crippen molar-refractivity contribution in [3.05, 3.63) is 0 Å². The van der Waals surface area contributed by atoms with Crippen molar-refractivity contribution >= 4 is 41.2 Å². The van der Waals surface area contributed by atoms with Crippen molar-refractivity contribution in [2.45, 2.75) is 53.9 Å². The van der Waals surface area contributed by atoms with E-state index in [2.05, 4.69) is 35.2 Å². The Morgan fingerprint density at radius 3 is 2.48 bits per heavy atom. The van der Waals surface area contributed by atoms with Crippen LogP contribution in [0.15, 0.2) is 0 Å². The third kappa shape index (κ3) is 5.81. The molecule has 4 N–H and O–H groups in total. The van der Waals surface area contributed by atoms with Gasteiger partial charge in [0.25, 0.3) is 0 Å². The smallest absolute Gasteiger partial charge is 0.308 e. The molecule has 0 aromatic heterocycles. The van der Waals surface area contributed by atoms with Crippen LogP contribution in [0.5, 0.6) is 0 Å². The van der Waals surface area contributed by atoms with Gasteiger partial charge in [0.2, 0.25) is 6.29 Å². The number of carbonyl (C=O) groups excluding carboxylic acids is 1. The van der Waals surface area contributed by atoms with Crippen molar-refractivity contribution in [2.75, 3.05) is 12.4 Å². The molecular formula is C12H21IO7S. The van der Waals surface area contributed by atoms with Crippen molar-refractivity contribution in [1.82, 2.24) is 0 Å². The highest BCUT2D eigenvalue weighted by Crippen LogP contribution is 2.23. The van der Waals surface area contributed by atoms with E-state index in [0.717, 1.165) is 12.2 Å². The van der Waals surface area contributed by atoms with E-state index < -0.39 is 43.3 Å². The predicted molar refractivity (Wildman–Crippen MR) is 85.4 cm³/mol. The molecule has 0 saturated carbocycles. The van der Waals surface area contributed by atoms with E-state index in [-0.39, 0.29) is 6.42 Å². The largest absolute Gasteiger partial charge is 0.433 e. The fraction of sp³-hybridized carbons (Fsp3) is 0.917. The molecule has 0 aliphatic carbocycles. The van der Waals surface area contributed by atoms with Crippen molar-refractivity contribution in [1.29, 1.82) is 0 Å². The summed E-state index contributed by atoms with van der Waals surface area (Å²) in [5.74, 6) is 0.162. The number of hydrogen-bond donors (Lipinski definition) is 5. The van der Waals surface area contributed by atoms with Crippen LogP contribution in [0, 0.1) is 0 Å². The van der Waals surface area contributed by atoms with E-state index in [1.165, 1.54) is 0 Å². The van der Waals surface area contributed by atoms with E-state index in [1.54, 1.807) is 0 Å². The number of esters is 1. The molecule has 1 aliphatic heterocycles. The zero-order chi connectivity index (χ0) is 16.0. The molecule has 1 rings (SSSR count). The maximum Gasteiger partial charge on any atom is 0.308 e. The predicted octanol–water partition coefficient (Wildman–Crippen LogP) is -0.767. The van der Waals surface area contributed by atoms with Gasteiger partial charge in [0.15, 0.2) is 0 Å². The summed E-state index contributed by atoms with van der Waals surface area (Å²) in [6, 6.07) is 0. The van der Waals surface area contributed by atoms with Crippen LogP contribution in [0.3, 0.4) is 0 Å². The summed E-state index contributed by atoms with van der Waals surface area (Å²) in [6.07, 6.45) is -5.41. The maximum atomic E-state index is 11.7. The van der Waals surface area contributed by atoms with Gasteiger partial charge in [-0.3, -0.25) is 4.79 Å². The standard InChI is InChI=1S/C12H21IO7S/c13-6(3-4-21)1-2-8(15)20-12-11(18)10(17)9(16)7(5-14)19-12/h6-7,9-12,14,16-18,21H,1-5H2/t6-,7-,9?,10?,11-,12+/m1/s1. The molecule has 1 fully saturated rings. The minimum Gasteiger partial charge on any atom is -0.433 e. The second-order valence-corrected chi connectivity index (χ2v) is 7.04. The first-order chi connectivity index (χ1) is 9.90. The van der Waals surface area contributed by atoms with Gasteiger partial charge >= 0.3 is 5.97 Å². The number of ether oxygens (including phenoxy) is 2. The monoisotopic (exact) mass is 436 g/mol. The first-order valence-electron chi connectivity index (χ1n) is 6.65. The Morgan fingerprint density at radius 1 is 1.24 bits per heavy atom. The van der Waals surface area contributed by atoms with Crippen LogP contribution in [0.1, 0.15) is 19.3 Å². The molecule has 0 aromatic rings. The van der Waals surface area contributed by atoms with Crippen molar-refractivity contribution < 1.29 is 34.7 Å². The van der Waals surface area contributed by atoms with Gasteiger partial charge in [-0.25, -0.2) is 0 Å². The number of aliphatic hydroxyl groups is 4. The lowest BCUT2D eigenvalue weighted by Gasteiger charge is -2.39. The summed E-state index contributed by atoms with van der Waals surface area (Å²) in [6.45, 7) is -0.559. The average molecular weight is 436 g/mol. The molecule has 7 nitrogen and oxygen atoms in total. The van der Waals surface area contributed by atoms with Crippen LogP contribution in [0.2, 0.25) is 0 Å². The SMILES string of the molecule is O=C(CC[C@@H](I)CCS)O[C@@H]1O[C@H](CO)C(O)C(O)[C@H]1O. The number of aliphatic hydroxyl groups excluding tert-OH is 4. The summed E-state index contributed by atoms with van der Waals surface area (Å²) in [7, 11) is 0. The number of carbonyl (C=O) groups is 1. The molecule has 0 aromatic carbocycles. The Bertz CT molecular complexity index is 331. The van der Waals surface area contributed by atoms with Gasteiger partial charge in [0.1, 0.15) is 24.4 Å². The summed E-state index contributed by atoms with van der Waals surface area (Å²) in [5.41, 5.74) is 0. The molecule has 1 saturated heterocycles. The molecule has 0 radical (unpaired) electrons. The second-order valence-electron chi connectivity index (χ2n) is 4.84. The molecule has 0 bridgehead atoms. The van der Waals surface area contributed by atoms with Gasteiger partial charge in [-0.15, -0.1) is 0 Å². The number of thiol groups is 1. The lowest BCUT2D eigenvalue weighted by Crippen LogP contribution is -2.59. The average Bonchev–Trinajstić information content (AvgIpc) is 2.46. The van der Waals surface area contributed by atoms with Gasteiger partial charge in [0.05, 0.1) is 6.61 Å². The maximum absolute atomic E-state index is 11.7. The van der Waals surface area contributed by atoms with Crippen molar-refractivity contribution in [2.24, 2.45) is 0 Å². The van der Waals surface area contributed by atoms with E-state index in [1.807, 2.05) is 0 Å². The lowest BCUT2D eigenvalue weighted by molar-refractivity contribution is -0.292. The molecule has 1 heterocycles. The fourth-order valence-corrected chi connectivity index (χ4v) is 3.34. The van der Waals surface area contributed by atoms with Gasteiger partial charge in [-0.05, 0) is 18.6 Å². The molecule has 2 unspecified atom stereocenters. The van der Waals surface area contributed by atoms with Crippen LogP contribution in [0.25, 0.3) is 0 Å². The third-order valence-electron chi connectivity index (χ3n) is 3.20. The second kappa shape index (κ2) is 9.48. The van der Waals surface area contributed by atoms with Gasteiger partial charge in [-0.1, -0.05) is 22.6 Å². The Hall–Kier alpha value is 0.350. The molecule has 0 spiro atoms. The number of hydrogen-bond acceptors (Lipinski definition) is 8. The molecule has 1 aliphatic rings. The molecular weight excluding hydrogens is 415 g/mol. The topological polar surface area (TPSA) is 116 Å². The first-order valence-corrected chi connectivity index (χ1v) is 8.53. The highest BCUT2D eigenvalue weighted by Gasteiger charge is 2.45. The summed E-state index contributed by atoms with van der Waals surface area (Å²) >= 11 is 6.33. The van der Waals surface area contributed by atoms with Gasteiger partial charge in [0, 0.05) is 10.3 Å². The first kappa shape index (κ1) is 19.4. The highest BCUT2D eigenvalue weighted by molar-refractivity contribution is 14.1. The van der Waals surface area contributed by atoms with Gasteiger partial charge < -0.3 is 29.9 Å². The molecule has 124 valence electrons. The highest BCUT2D eigenvalue weighted by atomic mass is 127. The Labute approximate surface area is 142 Å². The molecule has 0 amide bonds. The molecule has 9 heteroatoms. The number of alkyl halides is 1. The number of halogens is 1. The summed E-state index contributed by atoms with van der Waals surface area (Å²) in [5, 5.41) is 37.9. The molecule has 21 heavy (non-hydrogen) atoms. The van der Waals surface area contributed by atoms with Crippen molar-refractivity contribution in [3.8, 4) is 0 Å².